The molecule has 0 aromatic heterocycles. The van der Waals surface area contributed by atoms with Crippen LogP contribution < -0.4 is 0 Å². The summed E-state index contributed by atoms with van der Waals surface area (Å²) < 4.78 is 81.9. The number of benzene rings is 5. The molecule has 360 valence electrons. The number of unbranched alkanes of at least 4 members (excludes halogenated alkanes) is 5. The summed E-state index contributed by atoms with van der Waals surface area (Å²) in [4.78, 5) is 0. The Bertz CT molecular complexity index is 2030. The topological polar surface area (TPSA) is 92.3 Å². The minimum Gasteiger partial charge on any atom is -0.373 e. The van der Waals surface area contributed by atoms with Crippen molar-refractivity contribution in [1.29, 1.82) is 0 Å². The van der Waals surface area contributed by atoms with E-state index in [2.05, 4.69) is 6.92 Å². The van der Waals surface area contributed by atoms with Crippen LogP contribution in [0.5, 0.6) is 0 Å². The molecule has 0 amide bonds. The Morgan fingerprint density at radius 2 is 0.746 bits per heavy atom. The van der Waals surface area contributed by atoms with Crippen LogP contribution in [0.15, 0.2) is 152 Å². The van der Waals surface area contributed by atoms with E-state index in [-0.39, 0.29) is 26.4 Å². The van der Waals surface area contributed by atoms with Gasteiger partial charge in [0.05, 0.1) is 39.6 Å². The Balaban J connectivity index is 1.17. The standard InChI is InChI=1S/C56H69FO10/c1-3-4-5-6-7-23-34-59-56-54(64-40-46-32-21-12-22-33-46)52(63-39-45-30-19-11-20-31-45)50(61-37-43-26-15-9-16-27-43)48(67-56)41-65-55-53(58-2)51(62-38-44-28-17-10-18-29-44)49(47(35-57)66-55)60-36-42-24-13-8-14-25-42/h8-22,24-33,47-56H,3-7,23,34-41H2,1-2H3/t47-,48-,49-,50-,51+,52+,53+,54+,55+,56+/m1/s1. The zero-order chi connectivity index (χ0) is 46.3. The molecule has 2 heterocycles. The Morgan fingerprint density at radius 1 is 0.388 bits per heavy atom. The maximum Gasteiger partial charge on any atom is 0.187 e. The lowest BCUT2D eigenvalue weighted by Gasteiger charge is -2.47. The predicted octanol–water partition coefficient (Wildman–Crippen LogP) is 10.7. The summed E-state index contributed by atoms with van der Waals surface area (Å²) in [5.74, 6) is 0. The largest absolute Gasteiger partial charge is 0.373 e. The smallest absolute Gasteiger partial charge is 0.187 e. The van der Waals surface area contributed by atoms with Crippen molar-refractivity contribution in [3.8, 4) is 0 Å². The molecule has 0 radical (unpaired) electrons. The van der Waals surface area contributed by atoms with Gasteiger partial charge in [-0.05, 0) is 34.2 Å². The summed E-state index contributed by atoms with van der Waals surface area (Å²) in [6, 6.07) is 49.6. The average Bonchev–Trinajstić information content (AvgIpc) is 3.38. The van der Waals surface area contributed by atoms with E-state index in [0.717, 1.165) is 47.1 Å². The molecule has 10 atom stereocenters. The fraction of sp³-hybridized carbons (Fsp3) is 0.464. The molecule has 7 rings (SSSR count). The van der Waals surface area contributed by atoms with Crippen LogP contribution in [0.1, 0.15) is 73.3 Å². The molecule has 0 bridgehead atoms. The van der Waals surface area contributed by atoms with Gasteiger partial charge in [-0.2, -0.15) is 0 Å². The number of methoxy groups -OCH3 is 1. The highest BCUT2D eigenvalue weighted by molar-refractivity contribution is 5.17. The third kappa shape index (κ3) is 15.6. The van der Waals surface area contributed by atoms with Gasteiger partial charge in [0.15, 0.2) is 12.6 Å². The fourth-order valence-corrected chi connectivity index (χ4v) is 8.59. The summed E-state index contributed by atoms with van der Waals surface area (Å²) in [6.45, 7) is 3.14. The first-order valence-electron chi connectivity index (χ1n) is 24.0. The van der Waals surface area contributed by atoms with Crippen LogP contribution in [-0.2, 0) is 80.4 Å². The van der Waals surface area contributed by atoms with E-state index >= 15 is 4.39 Å². The van der Waals surface area contributed by atoms with Gasteiger partial charge in [-0.15, -0.1) is 0 Å². The third-order valence-electron chi connectivity index (χ3n) is 12.2. The molecule has 67 heavy (non-hydrogen) atoms. The second kappa shape index (κ2) is 28.2. The van der Waals surface area contributed by atoms with Gasteiger partial charge in [-0.3, -0.25) is 0 Å². The van der Waals surface area contributed by atoms with Crippen molar-refractivity contribution in [1.82, 2.24) is 0 Å². The maximum absolute atomic E-state index is 15.3. The molecule has 5 aromatic rings. The van der Waals surface area contributed by atoms with Gasteiger partial charge in [0.1, 0.15) is 55.5 Å². The highest BCUT2D eigenvalue weighted by Gasteiger charge is 2.52. The summed E-state index contributed by atoms with van der Waals surface area (Å²) in [7, 11) is 1.57. The highest BCUT2D eigenvalue weighted by atomic mass is 19.1. The van der Waals surface area contributed by atoms with E-state index in [4.69, 9.17) is 47.4 Å². The maximum atomic E-state index is 15.3. The first kappa shape index (κ1) is 50.5. The van der Waals surface area contributed by atoms with Gasteiger partial charge in [0, 0.05) is 13.7 Å². The lowest BCUT2D eigenvalue weighted by molar-refractivity contribution is -0.349. The molecule has 5 aromatic carbocycles. The minimum absolute atomic E-state index is 0.0442. The van der Waals surface area contributed by atoms with E-state index < -0.39 is 68.1 Å². The lowest BCUT2D eigenvalue weighted by atomic mass is 9.97. The molecule has 0 aliphatic carbocycles. The Kier molecular flexibility index (Phi) is 21.3. The van der Waals surface area contributed by atoms with Crippen LogP contribution in [0, 0.1) is 0 Å². The van der Waals surface area contributed by atoms with E-state index in [1.807, 2.05) is 152 Å². The van der Waals surface area contributed by atoms with Crippen LogP contribution in [0.25, 0.3) is 0 Å². The van der Waals surface area contributed by atoms with Crippen LogP contribution in [0.2, 0.25) is 0 Å². The summed E-state index contributed by atoms with van der Waals surface area (Å²) in [5.41, 5.74) is 4.87. The van der Waals surface area contributed by atoms with Crippen LogP contribution in [-0.4, -0.2) is 88.4 Å². The van der Waals surface area contributed by atoms with Crippen LogP contribution >= 0.6 is 0 Å². The molecular weight excluding hydrogens is 852 g/mol. The second-order valence-electron chi connectivity index (χ2n) is 17.2. The first-order valence-corrected chi connectivity index (χ1v) is 24.0. The average molecular weight is 921 g/mol. The van der Waals surface area contributed by atoms with Crippen LogP contribution in [0.3, 0.4) is 0 Å². The van der Waals surface area contributed by atoms with Crippen molar-refractivity contribution < 1.29 is 51.8 Å². The Labute approximate surface area is 396 Å². The van der Waals surface area contributed by atoms with Gasteiger partial charge >= 0.3 is 0 Å². The molecule has 2 aliphatic heterocycles. The van der Waals surface area contributed by atoms with Crippen molar-refractivity contribution in [3.63, 3.8) is 0 Å². The van der Waals surface area contributed by atoms with Crippen molar-refractivity contribution in [2.75, 3.05) is 27.0 Å². The highest BCUT2D eigenvalue weighted by Crippen LogP contribution is 2.35. The van der Waals surface area contributed by atoms with E-state index in [1.54, 1.807) is 7.11 Å². The molecule has 2 fully saturated rings. The number of hydrogen-bond acceptors (Lipinski definition) is 10. The number of alkyl halides is 1. The van der Waals surface area contributed by atoms with Gasteiger partial charge < -0.3 is 47.4 Å². The number of ether oxygens (including phenoxy) is 10. The Morgan fingerprint density at radius 3 is 1.18 bits per heavy atom. The SMILES string of the molecule is CCCCCCCCO[C@H]1O[C@H](CO[C@H]2O[C@H](CF)[C@@H](OCc3ccccc3)[C@H](OCc3ccccc3)[C@@H]2OC)[C@@H](OCc2ccccc2)[C@H](OCc2ccccc2)[C@@H]1OCc1ccccc1. The molecule has 0 N–H and O–H groups in total. The number of halogens is 1. The number of rotatable bonds is 28. The monoisotopic (exact) mass is 920 g/mol. The molecule has 2 aliphatic rings. The van der Waals surface area contributed by atoms with Crippen molar-refractivity contribution in [3.05, 3.63) is 179 Å². The van der Waals surface area contributed by atoms with Crippen LogP contribution in [0.4, 0.5) is 4.39 Å². The second-order valence-corrected chi connectivity index (χ2v) is 17.2. The van der Waals surface area contributed by atoms with Crippen molar-refractivity contribution in [2.24, 2.45) is 0 Å². The van der Waals surface area contributed by atoms with Gasteiger partial charge in [0.25, 0.3) is 0 Å². The third-order valence-corrected chi connectivity index (χ3v) is 12.2. The van der Waals surface area contributed by atoms with Crippen molar-refractivity contribution in [2.45, 2.75) is 140 Å². The van der Waals surface area contributed by atoms with E-state index in [0.29, 0.717) is 19.8 Å². The van der Waals surface area contributed by atoms with Gasteiger partial charge in [-0.1, -0.05) is 191 Å². The van der Waals surface area contributed by atoms with Gasteiger partial charge in [-0.25, -0.2) is 4.39 Å². The summed E-state index contributed by atoms with van der Waals surface area (Å²) in [6.07, 6.45) is -1.51. The minimum atomic E-state index is -1.07. The quantitative estimate of drug-likeness (QED) is 0.0452. The molecule has 2 saturated heterocycles. The van der Waals surface area contributed by atoms with E-state index in [1.165, 1.54) is 19.3 Å². The van der Waals surface area contributed by atoms with E-state index in [9.17, 15) is 0 Å². The molecule has 0 unspecified atom stereocenters. The fourth-order valence-electron chi connectivity index (χ4n) is 8.59. The molecule has 0 saturated carbocycles. The molecule has 11 heteroatoms. The molecular formula is C56H69FO10. The molecule has 10 nitrogen and oxygen atoms in total. The summed E-state index contributed by atoms with van der Waals surface area (Å²) in [5, 5.41) is 0. The van der Waals surface area contributed by atoms with Crippen molar-refractivity contribution >= 4 is 0 Å². The zero-order valence-corrected chi connectivity index (χ0v) is 39.1. The molecule has 0 spiro atoms. The predicted molar refractivity (Wildman–Crippen MR) is 254 cm³/mol. The first-order chi connectivity index (χ1) is 33.1. The lowest BCUT2D eigenvalue weighted by Crippen LogP contribution is -2.63. The van der Waals surface area contributed by atoms with Gasteiger partial charge in [0.2, 0.25) is 0 Å². The number of hydrogen-bond donors (Lipinski definition) is 0. The Hall–Kier alpha value is -4.37. The zero-order valence-electron chi connectivity index (χ0n) is 39.1. The normalized spacial score (nSPS) is 25.2. The summed E-state index contributed by atoms with van der Waals surface area (Å²) >= 11 is 0.